The summed E-state index contributed by atoms with van der Waals surface area (Å²) in [5.74, 6) is 0.0829. The quantitative estimate of drug-likeness (QED) is 0.789. The summed E-state index contributed by atoms with van der Waals surface area (Å²) in [6.45, 7) is 1.41. The summed E-state index contributed by atoms with van der Waals surface area (Å²) in [6, 6.07) is 20.0. The highest BCUT2D eigenvalue weighted by Gasteiger charge is 2.19. The molecule has 3 aromatic rings. The lowest BCUT2D eigenvalue weighted by Gasteiger charge is -2.27. The molecule has 2 heterocycles. The Kier molecular flexibility index (Phi) is 4.17. The third kappa shape index (κ3) is 3.24. The lowest BCUT2D eigenvalue weighted by molar-refractivity contribution is 0.0773. The van der Waals surface area contributed by atoms with Crippen LogP contribution in [0.25, 0.3) is 16.8 Å². The monoisotopic (exact) mass is 329 g/mol. The van der Waals surface area contributed by atoms with Crippen LogP contribution in [0.5, 0.6) is 0 Å². The van der Waals surface area contributed by atoms with Crippen molar-refractivity contribution in [1.29, 1.82) is 0 Å². The van der Waals surface area contributed by atoms with E-state index >= 15 is 0 Å². The second-order valence-corrected chi connectivity index (χ2v) is 6.14. The average molecular weight is 329 g/mol. The first-order chi connectivity index (χ1) is 12.3. The van der Waals surface area contributed by atoms with Crippen molar-refractivity contribution in [2.24, 2.45) is 0 Å². The number of nitrogens with zero attached hydrogens (tertiary/aromatic N) is 2. The van der Waals surface area contributed by atoms with Gasteiger partial charge in [0, 0.05) is 24.8 Å². The number of aromatic amines is 1. The molecule has 0 saturated heterocycles. The van der Waals surface area contributed by atoms with Crippen molar-refractivity contribution in [3.05, 3.63) is 84.1 Å². The fraction of sp³-hybridized carbons (Fsp3) is 0.143. The van der Waals surface area contributed by atoms with Crippen LogP contribution in [-0.2, 0) is 0 Å². The number of nitrogens with one attached hydrogen (secondary N) is 1. The van der Waals surface area contributed by atoms with Gasteiger partial charge in [-0.15, -0.1) is 0 Å². The van der Waals surface area contributed by atoms with Gasteiger partial charge in [0.15, 0.2) is 0 Å². The van der Waals surface area contributed by atoms with Gasteiger partial charge in [-0.2, -0.15) is 5.10 Å². The third-order valence-corrected chi connectivity index (χ3v) is 4.58. The van der Waals surface area contributed by atoms with Gasteiger partial charge >= 0.3 is 0 Å². The number of amides is 1. The fourth-order valence-electron chi connectivity index (χ4n) is 3.16. The Bertz CT molecular complexity index is 881. The normalized spacial score (nSPS) is 14.2. The highest BCUT2D eigenvalue weighted by atomic mass is 16.2. The highest BCUT2D eigenvalue weighted by Crippen LogP contribution is 2.23. The maximum Gasteiger partial charge on any atom is 0.254 e. The second kappa shape index (κ2) is 6.77. The number of carbonyl (C=O) groups excluding carboxylic acids is 1. The highest BCUT2D eigenvalue weighted by molar-refractivity contribution is 5.95. The molecule has 0 bridgehead atoms. The van der Waals surface area contributed by atoms with E-state index in [0.717, 1.165) is 29.8 Å². The fourth-order valence-corrected chi connectivity index (χ4v) is 3.16. The van der Waals surface area contributed by atoms with E-state index in [1.165, 1.54) is 11.1 Å². The first-order valence-corrected chi connectivity index (χ1v) is 8.45. The Hall–Kier alpha value is -3.14. The lowest BCUT2D eigenvalue weighted by atomic mass is 9.99. The lowest BCUT2D eigenvalue weighted by Crippen LogP contribution is -2.34. The molecule has 1 aliphatic heterocycles. The van der Waals surface area contributed by atoms with Crippen LogP contribution in [0.2, 0.25) is 0 Å². The molecule has 1 aromatic heterocycles. The first kappa shape index (κ1) is 15.4. The topological polar surface area (TPSA) is 49.0 Å². The van der Waals surface area contributed by atoms with Gasteiger partial charge in [-0.3, -0.25) is 9.89 Å². The zero-order valence-electron chi connectivity index (χ0n) is 13.9. The van der Waals surface area contributed by atoms with Crippen molar-refractivity contribution in [2.45, 2.75) is 6.42 Å². The molecule has 0 unspecified atom stereocenters. The molecule has 1 N–H and O–H groups in total. The molecule has 2 aromatic carbocycles. The molecule has 4 rings (SSSR count). The summed E-state index contributed by atoms with van der Waals surface area (Å²) in [5, 5.41) is 6.89. The number of carbonyl (C=O) groups is 1. The van der Waals surface area contributed by atoms with E-state index in [0.29, 0.717) is 6.54 Å². The van der Waals surface area contributed by atoms with Gasteiger partial charge in [0.1, 0.15) is 0 Å². The molecule has 25 heavy (non-hydrogen) atoms. The number of hydrogen-bond acceptors (Lipinski definition) is 2. The predicted octanol–water partition coefficient (Wildman–Crippen LogP) is 4.01. The molecule has 0 radical (unpaired) electrons. The maximum atomic E-state index is 12.7. The molecular weight excluding hydrogens is 310 g/mol. The van der Waals surface area contributed by atoms with E-state index in [2.05, 4.69) is 40.5 Å². The van der Waals surface area contributed by atoms with Crippen LogP contribution < -0.4 is 0 Å². The third-order valence-electron chi connectivity index (χ3n) is 4.58. The van der Waals surface area contributed by atoms with Crippen molar-refractivity contribution < 1.29 is 4.79 Å². The van der Waals surface area contributed by atoms with E-state index in [4.69, 9.17) is 0 Å². The molecular formula is C21H19N3O. The Morgan fingerprint density at radius 2 is 1.76 bits per heavy atom. The molecule has 0 saturated carbocycles. The molecule has 0 fully saturated rings. The smallest absolute Gasteiger partial charge is 0.254 e. The Labute approximate surface area is 146 Å². The van der Waals surface area contributed by atoms with Gasteiger partial charge in [0.25, 0.3) is 5.91 Å². The van der Waals surface area contributed by atoms with Gasteiger partial charge in [0.2, 0.25) is 0 Å². The summed E-state index contributed by atoms with van der Waals surface area (Å²) in [7, 11) is 0. The van der Waals surface area contributed by atoms with Crippen molar-refractivity contribution >= 4 is 11.5 Å². The summed E-state index contributed by atoms with van der Waals surface area (Å²) < 4.78 is 0. The van der Waals surface area contributed by atoms with Crippen LogP contribution in [0.15, 0.2) is 72.9 Å². The van der Waals surface area contributed by atoms with Crippen molar-refractivity contribution in [1.82, 2.24) is 15.1 Å². The summed E-state index contributed by atoms with van der Waals surface area (Å²) >= 11 is 0. The van der Waals surface area contributed by atoms with E-state index in [1.54, 1.807) is 6.20 Å². The number of rotatable bonds is 3. The minimum absolute atomic E-state index is 0.0829. The van der Waals surface area contributed by atoms with Gasteiger partial charge < -0.3 is 4.90 Å². The summed E-state index contributed by atoms with van der Waals surface area (Å²) in [4.78, 5) is 14.6. The van der Waals surface area contributed by atoms with E-state index in [9.17, 15) is 4.79 Å². The Balaban J connectivity index is 1.46. The molecule has 1 amide bonds. The predicted molar refractivity (Wildman–Crippen MR) is 99.0 cm³/mol. The summed E-state index contributed by atoms with van der Waals surface area (Å²) in [5.41, 5.74) is 5.27. The molecule has 124 valence electrons. The average Bonchev–Trinajstić information content (AvgIpc) is 3.23. The first-order valence-electron chi connectivity index (χ1n) is 8.45. The second-order valence-electron chi connectivity index (χ2n) is 6.14. The Morgan fingerprint density at radius 1 is 0.960 bits per heavy atom. The SMILES string of the molecule is O=C(c1ccc(-c2ccn[nH]2)cc1)N1CC=C(c2ccccc2)CC1. The number of hydrogen-bond donors (Lipinski definition) is 1. The van der Waals surface area contributed by atoms with Gasteiger partial charge in [-0.1, -0.05) is 48.5 Å². The van der Waals surface area contributed by atoms with E-state index in [1.807, 2.05) is 41.3 Å². The molecule has 1 aliphatic rings. The van der Waals surface area contributed by atoms with Gasteiger partial charge in [-0.05, 0) is 41.3 Å². The minimum Gasteiger partial charge on any atom is -0.335 e. The van der Waals surface area contributed by atoms with Crippen LogP contribution in [0.1, 0.15) is 22.3 Å². The number of benzene rings is 2. The zero-order chi connectivity index (χ0) is 17.1. The molecule has 0 spiro atoms. The van der Waals surface area contributed by atoms with E-state index < -0.39 is 0 Å². The Morgan fingerprint density at radius 3 is 2.40 bits per heavy atom. The van der Waals surface area contributed by atoms with Crippen molar-refractivity contribution in [2.75, 3.05) is 13.1 Å². The molecule has 0 aliphatic carbocycles. The largest absolute Gasteiger partial charge is 0.335 e. The molecule has 4 nitrogen and oxygen atoms in total. The minimum atomic E-state index is 0.0829. The van der Waals surface area contributed by atoms with Crippen LogP contribution in [0, 0.1) is 0 Å². The van der Waals surface area contributed by atoms with Crippen LogP contribution in [-0.4, -0.2) is 34.1 Å². The molecule has 4 heteroatoms. The number of H-pyrrole nitrogens is 1. The van der Waals surface area contributed by atoms with Crippen LogP contribution in [0.3, 0.4) is 0 Å². The zero-order valence-corrected chi connectivity index (χ0v) is 13.9. The standard InChI is InChI=1S/C21H19N3O/c25-21(19-8-6-18(7-9-19)20-10-13-22-23-20)24-14-11-17(12-15-24)16-4-2-1-3-5-16/h1-11,13H,12,14-15H2,(H,22,23). The van der Waals surface area contributed by atoms with E-state index in [-0.39, 0.29) is 5.91 Å². The van der Waals surface area contributed by atoms with Crippen LogP contribution in [0.4, 0.5) is 0 Å². The van der Waals surface area contributed by atoms with Crippen molar-refractivity contribution in [3.8, 4) is 11.3 Å². The summed E-state index contributed by atoms with van der Waals surface area (Å²) in [6.07, 6.45) is 4.77. The van der Waals surface area contributed by atoms with Gasteiger partial charge in [0.05, 0.1) is 5.69 Å². The maximum absolute atomic E-state index is 12.7. The number of aromatic nitrogens is 2. The van der Waals surface area contributed by atoms with Crippen molar-refractivity contribution in [3.63, 3.8) is 0 Å². The molecule has 0 atom stereocenters. The van der Waals surface area contributed by atoms with Gasteiger partial charge in [-0.25, -0.2) is 0 Å². The van der Waals surface area contributed by atoms with Crippen LogP contribution >= 0.6 is 0 Å².